The third-order valence-corrected chi connectivity index (χ3v) is 5.70. The predicted molar refractivity (Wildman–Crippen MR) is 120 cm³/mol. The van der Waals surface area contributed by atoms with Gasteiger partial charge in [-0.05, 0) is 30.7 Å². The molecule has 0 fully saturated rings. The van der Waals surface area contributed by atoms with Gasteiger partial charge in [-0.1, -0.05) is 25.1 Å². The average Bonchev–Trinajstić information content (AvgIpc) is 3.18. The summed E-state index contributed by atoms with van der Waals surface area (Å²) in [5.74, 6) is 2.44. The number of aromatic amines is 1. The Balaban J connectivity index is 0.00000256. The fraction of sp³-hybridized carbons (Fsp3) is 0.182. The SMILES string of the molecule is CCc1cnc(C[S+]([O-])c2nc3cc(OC)ccc3[nH]2)cc1Oc1ccccc1.[NaH]. The van der Waals surface area contributed by atoms with E-state index in [4.69, 9.17) is 9.47 Å². The summed E-state index contributed by atoms with van der Waals surface area (Å²) in [4.78, 5) is 12.0. The fourth-order valence-electron chi connectivity index (χ4n) is 2.96. The molecule has 0 radical (unpaired) electrons. The minimum atomic E-state index is -1.36. The first-order chi connectivity index (χ1) is 14.2. The Morgan fingerprint density at radius 2 is 1.87 bits per heavy atom. The van der Waals surface area contributed by atoms with Crippen molar-refractivity contribution in [1.29, 1.82) is 0 Å². The molecule has 0 aliphatic rings. The predicted octanol–water partition coefficient (Wildman–Crippen LogP) is 3.98. The van der Waals surface area contributed by atoms with Gasteiger partial charge in [0.05, 0.1) is 23.8 Å². The van der Waals surface area contributed by atoms with Gasteiger partial charge in [0, 0.05) is 35.1 Å². The molecule has 1 atom stereocenters. The number of nitrogens with zero attached hydrogens (tertiary/aromatic N) is 2. The summed E-state index contributed by atoms with van der Waals surface area (Å²) in [6, 6.07) is 17.0. The van der Waals surface area contributed by atoms with Crippen LogP contribution in [-0.2, 0) is 23.3 Å². The van der Waals surface area contributed by atoms with Crippen molar-refractivity contribution in [3.05, 3.63) is 72.1 Å². The second kappa shape index (κ2) is 10.3. The molecule has 2 heterocycles. The molecule has 4 rings (SSSR count). The van der Waals surface area contributed by atoms with Crippen molar-refractivity contribution in [2.75, 3.05) is 7.11 Å². The number of nitrogens with one attached hydrogen (secondary N) is 1. The van der Waals surface area contributed by atoms with Gasteiger partial charge in [-0.2, -0.15) is 4.98 Å². The zero-order valence-electron chi connectivity index (χ0n) is 16.2. The van der Waals surface area contributed by atoms with Crippen LogP contribution >= 0.6 is 0 Å². The van der Waals surface area contributed by atoms with Crippen LogP contribution in [-0.4, -0.2) is 56.2 Å². The van der Waals surface area contributed by atoms with Crippen LogP contribution < -0.4 is 9.47 Å². The van der Waals surface area contributed by atoms with Gasteiger partial charge in [0.2, 0.25) is 0 Å². The number of rotatable bonds is 7. The monoisotopic (exact) mass is 431 g/mol. The third kappa shape index (κ3) is 5.17. The zero-order valence-corrected chi connectivity index (χ0v) is 17.0. The number of benzene rings is 2. The summed E-state index contributed by atoms with van der Waals surface area (Å²) in [6.07, 6.45) is 2.58. The van der Waals surface area contributed by atoms with E-state index in [9.17, 15) is 4.55 Å². The standard InChI is InChI=1S/C22H21N3O3S.Na.H/c1-3-15-13-23-16(11-21(15)28-17-7-5-4-6-8-17)14-29(26)22-24-19-10-9-18(27-2)12-20(19)25-22;;/h4-13H,3,14H2,1-2H3,(H,24,25);;. The number of hydrogen-bond donors (Lipinski definition) is 1. The molecule has 1 N–H and O–H groups in total. The molecule has 0 aliphatic heterocycles. The van der Waals surface area contributed by atoms with Crippen LogP contribution in [0, 0.1) is 0 Å². The van der Waals surface area contributed by atoms with E-state index < -0.39 is 11.2 Å². The van der Waals surface area contributed by atoms with E-state index in [-0.39, 0.29) is 35.3 Å². The molecule has 8 heteroatoms. The Morgan fingerprint density at radius 3 is 2.60 bits per heavy atom. The molecule has 1 unspecified atom stereocenters. The van der Waals surface area contributed by atoms with Gasteiger partial charge < -0.3 is 14.0 Å². The Hall–Kier alpha value is -2.03. The van der Waals surface area contributed by atoms with Crippen LogP contribution in [0.15, 0.2) is 66.0 Å². The van der Waals surface area contributed by atoms with E-state index in [1.807, 2.05) is 54.6 Å². The van der Waals surface area contributed by atoms with E-state index in [0.29, 0.717) is 16.6 Å². The number of methoxy groups -OCH3 is 1. The molecule has 150 valence electrons. The Bertz CT molecular complexity index is 1120. The number of ether oxygens (including phenoxy) is 2. The summed E-state index contributed by atoms with van der Waals surface area (Å²) in [7, 11) is 1.60. The number of aromatic nitrogens is 3. The van der Waals surface area contributed by atoms with Crippen molar-refractivity contribution in [1.82, 2.24) is 15.0 Å². The first-order valence-corrected chi connectivity index (χ1v) is 10.6. The summed E-state index contributed by atoms with van der Waals surface area (Å²) in [6.45, 7) is 2.05. The van der Waals surface area contributed by atoms with E-state index in [2.05, 4.69) is 21.9 Å². The molecule has 2 aromatic heterocycles. The Morgan fingerprint density at radius 1 is 1.07 bits per heavy atom. The minimum absolute atomic E-state index is 0. The molecule has 6 nitrogen and oxygen atoms in total. The van der Waals surface area contributed by atoms with Gasteiger partial charge in [-0.25, -0.2) is 0 Å². The Kier molecular flexibility index (Phi) is 7.80. The van der Waals surface area contributed by atoms with Gasteiger partial charge in [0.15, 0.2) is 5.75 Å². The molecular weight excluding hydrogens is 409 g/mol. The van der Waals surface area contributed by atoms with Crippen LogP contribution in [0.25, 0.3) is 11.0 Å². The van der Waals surface area contributed by atoms with Crippen LogP contribution in [0.5, 0.6) is 17.2 Å². The van der Waals surface area contributed by atoms with Crippen molar-refractivity contribution < 1.29 is 14.0 Å². The second-order valence-electron chi connectivity index (χ2n) is 6.47. The number of H-pyrrole nitrogens is 1. The summed E-state index contributed by atoms with van der Waals surface area (Å²) < 4.78 is 24.1. The molecule has 4 aromatic rings. The summed E-state index contributed by atoms with van der Waals surface area (Å²) in [5, 5.41) is 0.417. The molecule has 30 heavy (non-hydrogen) atoms. The number of hydrogen-bond acceptors (Lipinski definition) is 5. The van der Waals surface area contributed by atoms with Gasteiger partial charge in [0.1, 0.15) is 17.2 Å². The summed E-state index contributed by atoms with van der Waals surface area (Å²) in [5.41, 5.74) is 3.22. The first-order valence-electron chi connectivity index (χ1n) is 9.29. The van der Waals surface area contributed by atoms with Gasteiger partial charge >= 0.3 is 34.7 Å². The molecule has 0 amide bonds. The number of imidazole rings is 1. The number of aryl methyl sites for hydroxylation is 1. The molecule has 0 saturated carbocycles. The Labute approximate surface area is 200 Å². The molecule has 2 aromatic carbocycles. The van der Waals surface area contributed by atoms with Crippen molar-refractivity contribution >= 4 is 51.8 Å². The van der Waals surface area contributed by atoms with Crippen LogP contribution in [0.4, 0.5) is 0 Å². The second-order valence-corrected chi connectivity index (χ2v) is 7.83. The van der Waals surface area contributed by atoms with Gasteiger partial charge in [0.25, 0.3) is 0 Å². The van der Waals surface area contributed by atoms with Crippen LogP contribution in [0.3, 0.4) is 0 Å². The summed E-state index contributed by atoms with van der Waals surface area (Å²) >= 11 is -1.36. The van der Waals surface area contributed by atoms with Gasteiger partial charge in [-0.3, -0.25) is 9.97 Å². The first kappa shape index (κ1) is 22.7. The average molecular weight is 431 g/mol. The third-order valence-electron chi connectivity index (χ3n) is 4.52. The van der Waals surface area contributed by atoms with Crippen molar-refractivity contribution in [2.24, 2.45) is 0 Å². The number of para-hydroxylation sites is 1. The topological polar surface area (TPSA) is 83.1 Å². The number of fused-ring (bicyclic) bond motifs is 1. The van der Waals surface area contributed by atoms with Crippen molar-refractivity contribution in [3.8, 4) is 17.2 Å². The molecular formula is C22H22N3NaO3S. The normalized spacial score (nSPS) is 11.7. The van der Waals surface area contributed by atoms with Crippen LogP contribution in [0.2, 0.25) is 0 Å². The van der Waals surface area contributed by atoms with Crippen molar-refractivity contribution in [3.63, 3.8) is 0 Å². The fourth-order valence-corrected chi connectivity index (χ4v) is 3.95. The van der Waals surface area contributed by atoms with Crippen molar-refractivity contribution in [2.45, 2.75) is 24.3 Å². The van der Waals surface area contributed by atoms with E-state index in [0.717, 1.165) is 34.5 Å². The quantitative estimate of drug-likeness (QED) is 0.354. The maximum absolute atomic E-state index is 12.9. The molecule has 0 saturated heterocycles. The van der Waals surface area contributed by atoms with Crippen LogP contribution in [0.1, 0.15) is 18.2 Å². The van der Waals surface area contributed by atoms with E-state index in [1.165, 1.54) is 0 Å². The van der Waals surface area contributed by atoms with E-state index >= 15 is 0 Å². The molecule has 0 spiro atoms. The maximum atomic E-state index is 12.9. The zero-order chi connectivity index (χ0) is 20.2. The molecule has 0 bridgehead atoms. The number of pyridine rings is 1. The van der Waals surface area contributed by atoms with E-state index in [1.54, 1.807) is 13.3 Å². The van der Waals surface area contributed by atoms with Gasteiger partial charge in [-0.15, -0.1) is 0 Å². The molecule has 0 aliphatic carbocycles.